The number of esters is 1. The quantitative estimate of drug-likeness (QED) is 0.566. The van der Waals surface area contributed by atoms with Crippen molar-refractivity contribution in [3.63, 3.8) is 0 Å². The van der Waals surface area contributed by atoms with Gasteiger partial charge in [-0.2, -0.15) is 0 Å². The number of ether oxygens (including phenoxy) is 1. The van der Waals surface area contributed by atoms with Gasteiger partial charge >= 0.3 is 5.97 Å². The molecule has 1 aliphatic rings. The van der Waals surface area contributed by atoms with Crippen molar-refractivity contribution in [3.05, 3.63) is 6.92 Å². The van der Waals surface area contributed by atoms with Crippen molar-refractivity contribution in [1.82, 2.24) is 4.90 Å². The lowest BCUT2D eigenvalue weighted by atomic mass is 9.97. The fourth-order valence-electron chi connectivity index (χ4n) is 1.52. The molecule has 1 fully saturated rings. The van der Waals surface area contributed by atoms with Crippen LogP contribution in [0.3, 0.4) is 0 Å². The lowest BCUT2D eigenvalue weighted by Crippen LogP contribution is -2.36. The summed E-state index contributed by atoms with van der Waals surface area (Å²) in [6.45, 7) is 7.88. The lowest BCUT2D eigenvalue weighted by molar-refractivity contribution is -0.147. The number of nitrogens with zero attached hydrogens (tertiary/aromatic N) is 1. The van der Waals surface area contributed by atoms with E-state index in [-0.39, 0.29) is 11.9 Å². The van der Waals surface area contributed by atoms with E-state index in [1.165, 1.54) is 7.11 Å². The highest BCUT2D eigenvalue weighted by molar-refractivity contribution is 5.72. The highest BCUT2D eigenvalue weighted by Gasteiger charge is 2.24. The van der Waals surface area contributed by atoms with Crippen LogP contribution >= 0.6 is 0 Å². The summed E-state index contributed by atoms with van der Waals surface area (Å²) in [5, 5.41) is 0. The van der Waals surface area contributed by atoms with Gasteiger partial charge in [-0.1, -0.05) is 0 Å². The third-order valence-electron chi connectivity index (χ3n) is 2.38. The monoisotopic (exact) mass is 169 g/mol. The Balaban J connectivity index is 2.30. The second-order valence-electron chi connectivity index (χ2n) is 3.10. The molecule has 1 saturated heterocycles. The standard InChI is InChI=1S/C9H15NO2/c1-3-10-6-4-8(5-7-10)9(11)12-2/h1,8H,3-7H2,2H3. The van der Waals surface area contributed by atoms with Gasteiger partial charge in [0.1, 0.15) is 0 Å². The SMILES string of the molecule is [CH]CN1CCC(C(=O)OC)CC1. The van der Waals surface area contributed by atoms with Gasteiger partial charge in [0.15, 0.2) is 0 Å². The first kappa shape index (κ1) is 9.52. The fourth-order valence-corrected chi connectivity index (χ4v) is 1.52. The van der Waals surface area contributed by atoms with Gasteiger partial charge in [0.2, 0.25) is 0 Å². The molecule has 68 valence electrons. The van der Waals surface area contributed by atoms with Gasteiger partial charge in [-0.3, -0.25) is 4.79 Å². The van der Waals surface area contributed by atoms with Crippen LogP contribution in [-0.2, 0) is 9.53 Å². The maximum atomic E-state index is 11.1. The van der Waals surface area contributed by atoms with Crippen molar-refractivity contribution < 1.29 is 9.53 Å². The molecule has 0 spiro atoms. The minimum atomic E-state index is -0.0772. The van der Waals surface area contributed by atoms with Gasteiger partial charge in [0.25, 0.3) is 0 Å². The Hall–Kier alpha value is -0.570. The summed E-state index contributed by atoms with van der Waals surface area (Å²) in [6, 6.07) is 0. The van der Waals surface area contributed by atoms with E-state index in [1.807, 2.05) is 0 Å². The minimum Gasteiger partial charge on any atom is -0.469 e. The van der Waals surface area contributed by atoms with Gasteiger partial charge in [-0.15, -0.1) is 0 Å². The molecule has 0 atom stereocenters. The first-order chi connectivity index (χ1) is 5.77. The molecule has 0 saturated carbocycles. The normalized spacial score (nSPS) is 20.8. The van der Waals surface area contributed by atoms with Gasteiger partial charge in [0.05, 0.1) is 13.0 Å². The topological polar surface area (TPSA) is 29.5 Å². The number of hydrogen-bond acceptors (Lipinski definition) is 3. The summed E-state index contributed by atoms with van der Waals surface area (Å²) >= 11 is 0. The summed E-state index contributed by atoms with van der Waals surface area (Å²) < 4.78 is 4.67. The average molecular weight is 169 g/mol. The Bertz CT molecular complexity index is 151. The minimum absolute atomic E-state index is 0.0772. The van der Waals surface area contributed by atoms with Crippen molar-refractivity contribution in [1.29, 1.82) is 0 Å². The molecule has 0 amide bonds. The van der Waals surface area contributed by atoms with Crippen LogP contribution in [0, 0.1) is 12.8 Å². The zero-order valence-corrected chi connectivity index (χ0v) is 7.45. The van der Waals surface area contributed by atoms with Gasteiger partial charge in [-0.05, 0) is 32.9 Å². The van der Waals surface area contributed by atoms with E-state index in [0.717, 1.165) is 25.9 Å². The average Bonchev–Trinajstić information content (AvgIpc) is 2.17. The Morgan fingerprint density at radius 1 is 1.58 bits per heavy atom. The summed E-state index contributed by atoms with van der Waals surface area (Å²) in [5.74, 6) is 0.0180. The number of likely N-dealkylation sites (tertiary alicyclic amines) is 1. The first-order valence-corrected chi connectivity index (χ1v) is 4.28. The third-order valence-corrected chi connectivity index (χ3v) is 2.38. The maximum Gasteiger partial charge on any atom is 0.308 e. The number of hydrogen-bond donors (Lipinski definition) is 0. The molecule has 0 aromatic rings. The van der Waals surface area contributed by atoms with Crippen LogP contribution in [0.5, 0.6) is 0 Å². The first-order valence-electron chi connectivity index (χ1n) is 4.28. The third kappa shape index (κ3) is 2.21. The van der Waals surface area contributed by atoms with Crippen molar-refractivity contribution >= 4 is 5.97 Å². The summed E-state index contributed by atoms with van der Waals surface area (Å²) in [4.78, 5) is 13.2. The highest BCUT2D eigenvalue weighted by Crippen LogP contribution is 2.17. The van der Waals surface area contributed by atoms with Crippen molar-refractivity contribution in [2.24, 2.45) is 5.92 Å². The molecule has 0 aromatic carbocycles. The second-order valence-corrected chi connectivity index (χ2v) is 3.10. The number of carbonyl (C=O) groups excluding carboxylic acids is 1. The Labute approximate surface area is 73.7 Å². The molecule has 0 N–H and O–H groups in total. The molecule has 12 heavy (non-hydrogen) atoms. The molecule has 1 aliphatic heterocycles. The molecule has 0 bridgehead atoms. The Kier molecular flexibility index (Phi) is 3.53. The summed E-state index contributed by atoms with van der Waals surface area (Å²) in [7, 11) is 1.44. The van der Waals surface area contributed by atoms with E-state index in [1.54, 1.807) is 0 Å². The molecule has 2 radical (unpaired) electrons. The smallest absolute Gasteiger partial charge is 0.308 e. The van der Waals surface area contributed by atoms with Gasteiger partial charge in [-0.25, -0.2) is 0 Å². The van der Waals surface area contributed by atoms with Crippen LogP contribution in [-0.4, -0.2) is 37.6 Å². The zero-order chi connectivity index (χ0) is 8.97. The van der Waals surface area contributed by atoms with E-state index in [0.29, 0.717) is 6.54 Å². The summed E-state index contributed by atoms with van der Waals surface area (Å²) in [6.07, 6.45) is 1.76. The molecular weight excluding hydrogens is 154 g/mol. The highest BCUT2D eigenvalue weighted by atomic mass is 16.5. The van der Waals surface area contributed by atoms with Gasteiger partial charge in [0, 0.05) is 6.54 Å². The van der Waals surface area contributed by atoms with E-state index >= 15 is 0 Å². The Morgan fingerprint density at radius 3 is 2.58 bits per heavy atom. The number of piperidine rings is 1. The van der Waals surface area contributed by atoms with E-state index in [4.69, 9.17) is 6.92 Å². The number of carbonyl (C=O) groups is 1. The van der Waals surface area contributed by atoms with Crippen LogP contribution in [0.15, 0.2) is 0 Å². The molecule has 0 unspecified atom stereocenters. The van der Waals surface area contributed by atoms with Crippen LogP contribution in [0.1, 0.15) is 12.8 Å². The molecule has 3 nitrogen and oxygen atoms in total. The van der Waals surface area contributed by atoms with Crippen molar-refractivity contribution in [2.45, 2.75) is 12.8 Å². The molecule has 1 rings (SSSR count). The second kappa shape index (κ2) is 4.45. The molecule has 0 aromatic heterocycles. The molecule has 0 aliphatic carbocycles. The molecular formula is C9H15NO2. The van der Waals surface area contributed by atoms with Crippen molar-refractivity contribution in [3.8, 4) is 0 Å². The molecule has 1 heterocycles. The van der Waals surface area contributed by atoms with Gasteiger partial charge < -0.3 is 9.64 Å². The predicted octanol–water partition coefficient (Wildman–Crippen LogP) is 0.582. The van der Waals surface area contributed by atoms with E-state index < -0.39 is 0 Å². The van der Waals surface area contributed by atoms with Crippen LogP contribution in [0.2, 0.25) is 0 Å². The Morgan fingerprint density at radius 2 is 2.17 bits per heavy atom. The largest absolute Gasteiger partial charge is 0.469 e. The van der Waals surface area contributed by atoms with E-state index in [2.05, 4.69) is 9.64 Å². The van der Waals surface area contributed by atoms with Crippen LogP contribution < -0.4 is 0 Å². The fraction of sp³-hybridized carbons (Fsp3) is 0.778. The number of rotatable bonds is 2. The zero-order valence-electron chi connectivity index (χ0n) is 7.45. The predicted molar refractivity (Wildman–Crippen MR) is 45.5 cm³/mol. The van der Waals surface area contributed by atoms with Crippen LogP contribution in [0.4, 0.5) is 0 Å². The maximum absolute atomic E-state index is 11.1. The van der Waals surface area contributed by atoms with E-state index in [9.17, 15) is 4.79 Å². The van der Waals surface area contributed by atoms with Crippen molar-refractivity contribution in [2.75, 3.05) is 26.7 Å². The lowest BCUT2D eigenvalue weighted by Gasteiger charge is -2.29. The number of methoxy groups -OCH3 is 1. The summed E-state index contributed by atoms with van der Waals surface area (Å²) in [5.41, 5.74) is 0. The van der Waals surface area contributed by atoms with Crippen LogP contribution in [0.25, 0.3) is 0 Å². The molecule has 3 heteroatoms.